The quantitative estimate of drug-likeness (QED) is 0.873. The molecule has 0 aliphatic carbocycles. The summed E-state index contributed by atoms with van der Waals surface area (Å²) in [5.41, 5.74) is 1.89. The molecule has 0 saturated heterocycles. The van der Waals surface area contributed by atoms with E-state index < -0.39 is 0 Å². The van der Waals surface area contributed by atoms with Crippen molar-refractivity contribution in [2.24, 2.45) is 0 Å². The second-order valence-corrected chi connectivity index (χ2v) is 6.77. The molecule has 0 saturated carbocycles. The molecule has 1 N–H and O–H groups in total. The topological polar surface area (TPSA) is 37.3 Å². The van der Waals surface area contributed by atoms with Gasteiger partial charge in [-0.05, 0) is 37.3 Å². The van der Waals surface area contributed by atoms with Crippen LogP contribution < -0.4 is 5.32 Å². The van der Waals surface area contributed by atoms with E-state index in [0.29, 0.717) is 17.3 Å². The number of halogens is 2. The Morgan fingerprint density at radius 2 is 2.23 bits per heavy atom. The maximum atomic E-state index is 12.3. The summed E-state index contributed by atoms with van der Waals surface area (Å²) in [6.45, 7) is 4.27. The number of hydrogen-bond donors (Lipinski definition) is 1. The van der Waals surface area contributed by atoms with Crippen molar-refractivity contribution in [3.05, 3.63) is 51.7 Å². The van der Waals surface area contributed by atoms with Crippen LogP contribution in [0.4, 0.5) is 5.69 Å². The number of benzene rings is 1. The van der Waals surface area contributed by atoms with Crippen molar-refractivity contribution in [2.75, 3.05) is 18.4 Å². The highest BCUT2D eigenvalue weighted by atomic mass is 79.9. The summed E-state index contributed by atoms with van der Waals surface area (Å²) < 4.78 is 3.13. The van der Waals surface area contributed by atoms with Crippen LogP contribution in [0.2, 0.25) is 5.02 Å². The first-order chi connectivity index (χ1) is 10.5. The molecule has 0 spiro atoms. The molecular formula is C16H17BrClN3O. The van der Waals surface area contributed by atoms with Gasteiger partial charge in [0.05, 0.1) is 17.3 Å². The Hall–Kier alpha value is -1.30. The Kier molecular flexibility index (Phi) is 4.57. The van der Waals surface area contributed by atoms with Gasteiger partial charge in [0.1, 0.15) is 0 Å². The molecular weight excluding hydrogens is 366 g/mol. The third-order valence-corrected chi connectivity index (χ3v) is 4.83. The molecule has 0 unspecified atom stereocenters. The van der Waals surface area contributed by atoms with Gasteiger partial charge in [-0.2, -0.15) is 0 Å². The van der Waals surface area contributed by atoms with Crippen molar-refractivity contribution in [3.63, 3.8) is 0 Å². The van der Waals surface area contributed by atoms with Crippen molar-refractivity contribution in [2.45, 2.75) is 19.5 Å². The fourth-order valence-corrected chi connectivity index (χ4v) is 3.53. The molecule has 6 heteroatoms. The Balaban J connectivity index is 1.65. The molecule has 1 aromatic carbocycles. The summed E-state index contributed by atoms with van der Waals surface area (Å²) >= 11 is 9.49. The molecule has 3 rings (SSSR count). The van der Waals surface area contributed by atoms with Crippen LogP contribution in [-0.2, 0) is 11.3 Å². The predicted octanol–water partition coefficient (Wildman–Crippen LogP) is 3.92. The number of carbonyl (C=O) groups excluding carboxylic acids is 1. The van der Waals surface area contributed by atoms with Crippen LogP contribution >= 0.6 is 27.5 Å². The first kappa shape index (κ1) is 15.6. The zero-order valence-corrected chi connectivity index (χ0v) is 14.6. The summed E-state index contributed by atoms with van der Waals surface area (Å²) in [6.07, 6.45) is 2.09. The van der Waals surface area contributed by atoms with Crippen molar-refractivity contribution in [1.29, 1.82) is 0 Å². The number of hydrogen-bond acceptors (Lipinski definition) is 2. The highest BCUT2D eigenvalue weighted by Gasteiger charge is 2.25. The van der Waals surface area contributed by atoms with Crippen LogP contribution in [0.25, 0.3) is 0 Å². The monoisotopic (exact) mass is 381 g/mol. The van der Waals surface area contributed by atoms with Gasteiger partial charge in [0.15, 0.2) is 0 Å². The summed E-state index contributed by atoms with van der Waals surface area (Å²) in [6, 6.07) is 9.83. The number of amides is 1. The fraction of sp³-hybridized carbons (Fsp3) is 0.312. The molecule has 1 aliphatic heterocycles. The second-order valence-electron chi connectivity index (χ2n) is 5.45. The molecule has 2 aromatic rings. The molecule has 0 fully saturated rings. The Morgan fingerprint density at radius 1 is 1.41 bits per heavy atom. The lowest BCUT2D eigenvalue weighted by Gasteiger charge is -2.34. The first-order valence-electron chi connectivity index (χ1n) is 7.18. The van der Waals surface area contributed by atoms with Gasteiger partial charge in [-0.1, -0.05) is 27.5 Å². The third kappa shape index (κ3) is 3.21. The molecule has 1 aliphatic rings. The van der Waals surface area contributed by atoms with E-state index in [0.717, 1.165) is 17.6 Å². The van der Waals surface area contributed by atoms with E-state index in [1.807, 2.05) is 6.07 Å². The maximum Gasteiger partial charge on any atom is 0.238 e. The first-order valence-corrected chi connectivity index (χ1v) is 8.35. The Labute approximate surface area is 143 Å². The van der Waals surface area contributed by atoms with Gasteiger partial charge in [-0.25, -0.2) is 0 Å². The highest BCUT2D eigenvalue weighted by molar-refractivity contribution is 9.10. The van der Waals surface area contributed by atoms with Gasteiger partial charge in [0.25, 0.3) is 0 Å². The molecule has 116 valence electrons. The van der Waals surface area contributed by atoms with Gasteiger partial charge < -0.3 is 9.88 Å². The summed E-state index contributed by atoms with van der Waals surface area (Å²) in [5, 5.41) is 3.41. The van der Waals surface area contributed by atoms with Crippen LogP contribution in [-0.4, -0.2) is 28.5 Å². The van der Waals surface area contributed by atoms with Gasteiger partial charge in [-0.3, -0.25) is 9.69 Å². The summed E-state index contributed by atoms with van der Waals surface area (Å²) in [7, 11) is 0. The molecule has 2 heterocycles. The molecule has 1 aromatic heterocycles. The minimum atomic E-state index is -0.0453. The zero-order chi connectivity index (χ0) is 15.7. The lowest BCUT2D eigenvalue weighted by molar-refractivity contribution is -0.118. The normalized spacial score (nSPS) is 18.0. The molecule has 1 atom stereocenters. The summed E-state index contributed by atoms with van der Waals surface area (Å²) in [5.74, 6) is -0.0453. The van der Waals surface area contributed by atoms with Crippen LogP contribution in [0.5, 0.6) is 0 Å². The van der Waals surface area contributed by atoms with Crippen molar-refractivity contribution < 1.29 is 4.79 Å². The van der Waals surface area contributed by atoms with Crippen molar-refractivity contribution >= 4 is 39.1 Å². The van der Waals surface area contributed by atoms with E-state index >= 15 is 0 Å². The van der Waals surface area contributed by atoms with E-state index in [2.05, 4.69) is 56.0 Å². The Morgan fingerprint density at radius 3 is 3.00 bits per heavy atom. The van der Waals surface area contributed by atoms with Crippen molar-refractivity contribution in [3.8, 4) is 0 Å². The second kappa shape index (κ2) is 6.44. The molecule has 1 amide bonds. The third-order valence-electron chi connectivity index (χ3n) is 4.02. The fourth-order valence-electron chi connectivity index (χ4n) is 2.81. The predicted molar refractivity (Wildman–Crippen MR) is 92.2 cm³/mol. The van der Waals surface area contributed by atoms with Crippen LogP contribution in [0, 0.1) is 0 Å². The standard InChI is InChI=1S/C16H17BrClN3O/c1-11-15-3-2-6-20(15)7-8-21(11)10-16(22)19-14-5-4-12(17)9-13(14)18/h2-6,9,11H,7-8,10H2,1H3,(H,19,22)/t11-/m0/s1. The van der Waals surface area contributed by atoms with E-state index in [1.54, 1.807) is 12.1 Å². The molecule has 4 nitrogen and oxygen atoms in total. The van der Waals surface area contributed by atoms with E-state index in [1.165, 1.54) is 5.69 Å². The van der Waals surface area contributed by atoms with Crippen molar-refractivity contribution in [1.82, 2.24) is 9.47 Å². The molecule has 0 radical (unpaired) electrons. The molecule has 22 heavy (non-hydrogen) atoms. The largest absolute Gasteiger partial charge is 0.349 e. The zero-order valence-electron chi connectivity index (χ0n) is 12.2. The van der Waals surface area contributed by atoms with E-state index in [4.69, 9.17) is 11.6 Å². The molecule has 0 bridgehead atoms. The van der Waals surface area contributed by atoms with Gasteiger partial charge in [0, 0.05) is 35.5 Å². The average molecular weight is 383 g/mol. The SMILES string of the molecule is C[C@H]1c2cccn2CCN1CC(=O)Nc1ccc(Br)cc1Cl. The van der Waals surface area contributed by atoms with E-state index in [-0.39, 0.29) is 11.9 Å². The number of fused-ring (bicyclic) bond motifs is 1. The van der Waals surface area contributed by atoms with Crippen LogP contribution in [0.15, 0.2) is 41.0 Å². The number of aromatic nitrogens is 1. The number of nitrogens with zero attached hydrogens (tertiary/aromatic N) is 2. The maximum absolute atomic E-state index is 12.3. The number of nitrogens with one attached hydrogen (secondary N) is 1. The Bertz CT molecular complexity index is 700. The highest BCUT2D eigenvalue weighted by Crippen LogP contribution is 2.27. The van der Waals surface area contributed by atoms with E-state index in [9.17, 15) is 4.79 Å². The number of carbonyl (C=O) groups is 1. The lowest BCUT2D eigenvalue weighted by Crippen LogP contribution is -2.41. The minimum Gasteiger partial charge on any atom is -0.349 e. The van der Waals surface area contributed by atoms with Gasteiger partial charge >= 0.3 is 0 Å². The lowest BCUT2D eigenvalue weighted by atomic mass is 10.1. The van der Waals surface area contributed by atoms with Crippen LogP contribution in [0.1, 0.15) is 18.7 Å². The minimum absolute atomic E-state index is 0.0453. The average Bonchev–Trinajstić information content (AvgIpc) is 2.94. The van der Waals surface area contributed by atoms with Crippen LogP contribution in [0.3, 0.4) is 0 Å². The number of rotatable bonds is 3. The summed E-state index contributed by atoms with van der Waals surface area (Å²) in [4.78, 5) is 14.5. The number of anilines is 1. The smallest absolute Gasteiger partial charge is 0.238 e. The van der Waals surface area contributed by atoms with Gasteiger partial charge in [0.2, 0.25) is 5.91 Å². The van der Waals surface area contributed by atoms with Gasteiger partial charge in [-0.15, -0.1) is 0 Å².